The fraction of sp³-hybridized carbons (Fsp3) is 0.158. The molecule has 0 fully saturated rings. The van der Waals surface area contributed by atoms with Crippen LogP contribution in [0.3, 0.4) is 0 Å². The van der Waals surface area contributed by atoms with Crippen molar-refractivity contribution < 1.29 is 19.0 Å². The number of hydrogen-bond donors (Lipinski definition) is 1. The Morgan fingerprint density at radius 2 is 2.08 bits per heavy atom. The quantitative estimate of drug-likeness (QED) is 0.680. The van der Waals surface area contributed by atoms with Gasteiger partial charge in [-0.2, -0.15) is 0 Å². The molecule has 3 aromatic rings. The highest BCUT2D eigenvalue weighted by Gasteiger charge is 2.19. The lowest BCUT2D eigenvalue weighted by Gasteiger charge is -2.14. The van der Waals surface area contributed by atoms with Crippen molar-refractivity contribution in [2.45, 2.75) is 6.92 Å². The van der Waals surface area contributed by atoms with Crippen LogP contribution >= 0.6 is 11.6 Å². The normalized spacial score (nSPS) is 12.2. The van der Waals surface area contributed by atoms with Crippen LogP contribution < -0.4 is 14.8 Å². The van der Waals surface area contributed by atoms with Gasteiger partial charge in [-0.25, -0.2) is 4.79 Å². The Morgan fingerprint density at radius 1 is 1.23 bits per heavy atom. The molecule has 1 N–H and O–H groups in total. The van der Waals surface area contributed by atoms with Gasteiger partial charge in [-0.1, -0.05) is 11.6 Å². The second-order valence-corrected chi connectivity index (χ2v) is 6.06. The zero-order chi connectivity index (χ0) is 18.1. The molecule has 6 nitrogen and oxygen atoms in total. The predicted octanol–water partition coefficient (Wildman–Crippen LogP) is 4.54. The van der Waals surface area contributed by atoms with Gasteiger partial charge < -0.3 is 19.5 Å². The fourth-order valence-corrected chi connectivity index (χ4v) is 2.95. The fourth-order valence-electron chi connectivity index (χ4n) is 2.78. The van der Waals surface area contributed by atoms with Crippen molar-refractivity contribution >= 4 is 39.8 Å². The molecule has 2 heterocycles. The Labute approximate surface area is 154 Å². The van der Waals surface area contributed by atoms with E-state index in [9.17, 15) is 4.79 Å². The number of rotatable bonds is 4. The standard InChI is InChI=1S/C19H15ClN2O4/c1-2-24-19(23)14-9-21-15-7-11(20)3-5-13(15)18(14)22-12-4-6-16-17(8-12)26-10-25-16/h3-9H,2,10H2,1H3,(H,21,22). The van der Waals surface area contributed by atoms with E-state index in [4.69, 9.17) is 25.8 Å². The minimum Gasteiger partial charge on any atom is -0.462 e. The highest BCUT2D eigenvalue weighted by Crippen LogP contribution is 2.37. The second kappa shape index (κ2) is 6.72. The van der Waals surface area contributed by atoms with Gasteiger partial charge >= 0.3 is 5.97 Å². The van der Waals surface area contributed by atoms with E-state index < -0.39 is 5.97 Å². The molecule has 0 bridgehead atoms. The highest BCUT2D eigenvalue weighted by molar-refractivity contribution is 6.31. The van der Waals surface area contributed by atoms with Crippen molar-refractivity contribution in [3.8, 4) is 11.5 Å². The maximum absolute atomic E-state index is 12.4. The van der Waals surface area contributed by atoms with Crippen LogP contribution in [-0.4, -0.2) is 24.4 Å². The summed E-state index contributed by atoms with van der Waals surface area (Å²) in [5.74, 6) is 0.890. The van der Waals surface area contributed by atoms with Gasteiger partial charge in [0.1, 0.15) is 5.56 Å². The third-order valence-electron chi connectivity index (χ3n) is 3.97. The summed E-state index contributed by atoms with van der Waals surface area (Å²) in [6, 6.07) is 10.8. The average Bonchev–Trinajstić information content (AvgIpc) is 3.09. The molecule has 0 aliphatic carbocycles. The molecule has 0 saturated carbocycles. The van der Waals surface area contributed by atoms with Crippen LogP contribution in [0.2, 0.25) is 5.02 Å². The van der Waals surface area contributed by atoms with Crippen LogP contribution in [0.4, 0.5) is 11.4 Å². The summed E-state index contributed by atoms with van der Waals surface area (Å²) < 4.78 is 15.9. The number of nitrogens with one attached hydrogen (secondary N) is 1. The Bertz CT molecular complexity index is 1010. The van der Waals surface area contributed by atoms with E-state index in [1.807, 2.05) is 24.3 Å². The van der Waals surface area contributed by atoms with Gasteiger partial charge in [-0.05, 0) is 37.3 Å². The number of anilines is 2. The van der Waals surface area contributed by atoms with Gasteiger partial charge in [-0.15, -0.1) is 0 Å². The van der Waals surface area contributed by atoms with E-state index in [1.165, 1.54) is 6.20 Å². The van der Waals surface area contributed by atoms with Crippen molar-refractivity contribution in [2.75, 3.05) is 18.7 Å². The summed E-state index contributed by atoms with van der Waals surface area (Å²) in [7, 11) is 0. The van der Waals surface area contributed by atoms with E-state index in [2.05, 4.69) is 10.3 Å². The third-order valence-corrected chi connectivity index (χ3v) is 4.20. The van der Waals surface area contributed by atoms with E-state index in [1.54, 1.807) is 19.1 Å². The van der Waals surface area contributed by atoms with Crippen LogP contribution in [0.5, 0.6) is 11.5 Å². The zero-order valence-corrected chi connectivity index (χ0v) is 14.7. The summed E-state index contributed by atoms with van der Waals surface area (Å²) in [6.45, 7) is 2.24. The Morgan fingerprint density at radius 3 is 2.92 bits per heavy atom. The number of benzene rings is 2. The van der Waals surface area contributed by atoms with E-state index in [0.29, 0.717) is 33.3 Å². The Kier molecular flexibility index (Phi) is 4.26. The molecule has 0 unspecified atom stereocenters. The van der Waals surface area contributed by atoms with Crippen LogP contribution in [-0.2, 0) is 4.74 Å². The van der Waals surface area contributed by atoms with Gasteiger partial charge in [0.15, 0.2) is 11.5 Å². The lowest BCUT2D eigenvalue weighted by Crippen LogP contribution is -2.09. The Hall–Kier alpha value is -2.99. The summed E-state index contributed by atoms with van der Waals surface area (Å²) in [5.41, 5.74) is 2.37. The summed E-state index contributed by atoms with van der Waals surface area (Å²) in [5, 5.41) is 4.62. The monoisotopic (exact) mass is 370 g/mol. The van der Waals surface area contributed by atoms with Gasteiger partial charge in [0.05, 0.1) is 17.8 Å². The number of carbonyl (C=O) groups is 1. The first-order chi connectivity index (χ1) is 12.7. The van der Waals surface area contributed by atoms with Crippen molar-refractivity contribution in [2.24, 2.45) is 0 Å². The minimum atomic E-state index is -0.444. The molecule has 0 spiro atoms. The lowest BCUT2D eigenvalue weighted by atomic mass is 10.1. The Balaban J connectivity index is 1.82. The topological polar surface area (TPSA) is 69.7 Å². The molecule has 132 valence electrons. The second-order valence-electron chi connectivity index (χ2n) is 5.62. The van der Waals surface area contributed by atoms with Crippen LogP contribution in [0.25, 0.3) is 10.9 Å². The summed E-state index contributed by atoms with van der Waals surface area (Å²) >= 11 is 6.06. The first-order valence-corrected chi connectivity index (χ1v) is 8.45. The van der Waals surface area contributed by atoms with Gasteiger partial charge in [-0.3, -0.25) is 4.98 Å². The first-order valence-electron chi connectivity index (χ1n) is 8.08. The molecular formula is C19H15ClN2O4. The number of ether oxygens (including phenoxy) is 3. The molecule has 26 heavy (non-hydrogen) atoms. The number of fused-ring (bicyclic) bond motifs is 2. The molecule has 0 radical (unpaired) electrons. The lowest BCUT2D eigenvalue weighted by molar-refractivity contribution is 0.0527. The largest absolute Gasteiger partial charge is 0.462 e. The molecule has 0 atom stereocenters. The molecule has 7 heteroatoms. The number of carbonyl (C=O) groups excluding carboxylic acids is 1. The maximum atomic E-state index is 12.4. The highest BCUT2D eigenvalue weighted by atomic mass is 35.5. The molecule has 0 saturated heterocycles. The van der Waals surface area contributed by atoms with Gasteiger partial charge in [0.25, 0.3) is 0 Å². The SMILES string of the molecule is CCOC(=O)c1cnc2cc(Cl)ccc2c1Nc1ccc2c(c1)OCO2. The molecule has 1 aliphatic rings. The van der Waals surface area contributed by atoms with E-state index >= 15 is 0 Å². The van der Waals surface area contributed by atoms with Gasteiger partial charge in [0, 0.05) is 28.4 Å². The smallest absolute Gasteiger partial charge is 0.341 e. The van der Waals surface area contributed by atoms with Gasteiger partial charge in [0.2, 0.25) is 6.79 Å². The number of halogens is 1. The third kappa shape index (κ3) is 2.99. The van der Waals surface area contributed by atoms with E-state index in [-0.39, 0.29) is 13.4 Å². The number of aromatic nitrogens is 1. The summed E-state index contributed by atoms with van der Waals surface area (Å²) in [4.78, 5) is 16.7. The van der Waals surface area contributed by atoms with Crippen molar-refractivity contribution in [3.63, 3.8) is 0 Å². The molecule has 2 aromatic carbocycles. The molecule has 1 aliphatic heterocycles. The number of nitrogens with zero attached hydrogens (tertiary/aromatic N) is 1. The summed E-state index contributed by atoms with van der Waals surface area (Å²) in [6.07, 6.45) is 1.49. The zero-order valence-electron chi connectivity index (χ0n) is 13.9. The molecule has 0 amide bonds. The van der Waals surface area contributed by atoms with Crippen molar-refractivity contribution in [1.29, 1.82) is 0 Å². The number of esters is 1. The first kappa shape index (κ1) is 16.5. The molecular weight excluding hydrogens is 356 g/mol. The maximum Gasteiger partial charge on any atom is 0.341 e. The molecule has 4 rings (SSSR count). The number of hydrogen-bond acceptors (Lipinski definition) is 6. The van der Waals surface area contributed by atoms with E-state index in [0.717, 1.165) is 11.1 Å². The van der Waals surface area contributed by atoms with Crippen molar-refractivity contribution in [3.05, 3.63) is 53.2 Å². The van der Waals surface area contributed by atoms with Crippen LogP contribution in [0, 0.1) is 0 Å². The molecule has 1 aromatic heterocycles. The average molecular weight is 371 g/mol. The van der Waals surface area contributed by atoms with Crippen molar-refractivity contribution in [1.82, 2.24) is 4.98 Å². The minimum absolute atomic E-state index is 0.198. The number of pyridine rings is 1. The van der Waals surface area contributed by atoms with Crippen LogP contribution in [0.15, 0.2) is 42.6 Å². The predicted molar refractivity (Wildman–Crippen MR) is 98.6 cm³/mol. The van der Waals surface area contributed by atoms with Crippen LogP contribution in [0.1, 0.15) is 17.3 Å².